The number of aryl methyl sites for hydroxylation is 1. The summed E-state index contributed by atoms with van der Waals surface area (Å²) in [5, 5.41) is 5.38. The summed E-state index contributed by atoms with van der Waals surface area (Å²) < 4.78 is 10.9. The van der Waals surface area contributed by atoms with Gasteiger partial charge >= 0.3 is 6.03 Å². The third kappa shape index (κ3) is 5.18. The number of nitrogens with one attached hydrogen (secondary N) is 2. The highest BCUT2D eigenvalue weighted by Crippen LogP contribution is 2.25. The van der Waals surface area contributed by atoms with Gasteiger partial charge < -0.3 is 14.8 Å². The molecular weight excluding hydrogens is 344 g/mol. The van der Waals surface area contributed by atoms with Crippen LogP contribution in [0.5, 0.6) is 11.6 Å². The van der Waals surface area contributed by atoms with Crippen LogP contribution in [0.4, 0.5) is 16.3 Å². The van der Waals surface area contributed by atoms with Gasteiger partial charge in [-0.3, -0.25) is 10.3 Å². The number of hydrogen-bond acceptors (Lipinski definition) is 5. The van der Waals surface area contributed by atoms with E-state index in [9.17, 15) is 4.79 Å². The molecule has 0 fully saturated rings. The van der Waals surface area contributed by atoms with E-state index in [4.69, 9.17) is 9.47 Å². The minimum absolute atomic E-state index is 0.282. The Morgan fingerprint density at radius 3 is 2.67 bits per heavy atom. The van der Waals surface area contributed by atoms with Crippen molar-refractivity contribution in [3.63, 3.8) is 0 Å². The lowest BCUT2D eigenvalue weighted by Crippen LogP contribution is -2.20. The Kier molecular flexibility index (Phi) is 5.84. The van der Waals surface area contributed by atoms with Gasteiger partial charge in [0.15, 0.2) is 5.82 Å². The molecule has 3 rings (SSSR count). The Balaban J connectivity index is 1.62. The van der Waals surface area contributed by atoms with E-state index < -0.39 is 6.03 Å². The summed E-state index contributed by atoms with van der Waals surface area (Å²) in [6.45, 7) is 2.30. The topological polar surface area (TPSA) is 85.4 Å². The molecule has 0 spiro atoms. The molecule has 0 bridgehead atoms. The van der Waals surface area contributed by atoms with Crippen LogP contribution in [0, 0.1) is 6.92 Å². The van der Waals surface area contributed by atoms with Crippen molar-refractivity contribution in [1.29, 1.82) is 0 Å². The summed E-state index contributed by atoms with van der Waals surface area (Å²) in [6, 6.07) is 14.8. The first-order chi connectivity index (χ1) is 13.1. The molecule has 1 heterocycles. The van der Waals surface area contributed by atoms with Crippen LogP contribution in [0.25, 0.3) is 0 Å². The molecule has 0 unspecified atom stereocenters. The zero-order valence-electron chi connectivity index (χ0n) is 15.1. The van der Waals surface area contributed by atoms with Crippen LogP contribution in [0.15, 0.2) is 60.9 Å². The summed E-state index contributed by atoms with van der Waals surface area (Å²) in [5.74, 6) is 1.18. The van der Waals surface area contributed by atoms with Crippen molar-refractivity contribution in [3.8, 4) is 11.6 Å². The molecule has 1 aromatic heterocycles. The number of nitrogens with zero attached hydrogens (tertiary/aromatic N) is 2. The number of carbonyl (C=O) groups excluding carboxylic acids is 1. The second-order valence-corrected chi connectivity index (χ2v) is 5.80. The first-order valence-electron chi connectivity index (χ1n) is 8.35. The number of methoxy groups -OCH3 is 1. The molecule has 2 amide bonds. The highest BCUT2D eigenvalue weighted by Gasteiger charge is 2.09. The largest absolute Gasteiger partial charge is 0.495 e. The van der Waals surface area contributed by atoms with Crippen LogP contribution in [0.3, 0.4) is 0 Å². The van der Waals surface area contributed by atoms with Crippen LogP contribution in [-0.4, -0.2) is 23.1 Å². The van der Waals surface area contributed by atoms with Crippen molar-refractivity contribution in [2.45, 2.75) is 13.5 Å². The van der Waals surface area contributed by atoms with Gasteiger partial charge in [-0.15, -0.1) is 0 Å². The lowest BCUT2D eigenvalue weighted by atomic mass is 10.2. The Morgan fingerprint density at radius 1 is 1.07 bits per heavy atom. The number of urea groups is 1. The molecule has 3 aromatic rings. The lowest BCUT2D eigenvalue weighted by molar-refractivity contribution is 0.262. The molecule has 138 valence electrons. The van der Waals surface area contributed by atoms with E-state index in [2.05, 4.69) is 20.6 Å². The summed E-state index contributed by atoms with van der Waals surface area (Å²) >= 11 is 0. The molecule has 2 aromatic carbocycles. The standard InChI is InChI=1S/C20H20N4O3/c1-14-8-9-17(26-2)16(10-14)22-20(25)24-18-11-21-12-19(23-18)27-13-15-6-4-3-5-7-15/h3-12H,13H2,1-2H3,(H2,22,23,24,25). The maximum atomic E-state index is 12.3. The maximum Gasteiger partial charge on any atom is 0.325 e. The van der Waals surface area contributed by atoms with E-state index in [0.717, 1.165) is 11.1 Å². The Labute approximate surface area is 157 Å². The molecule has 7 nitrogen and oxygen atoms in total. The summed E-state index contributed by atoms with van der Waals surface area (Å²) in [6.07, 6.45) is 2.94. The molecule has 27 heavy (non-hydrogen) atoms. The number of anilines is 2. The zero-order chi connectivity index (χ0) is 19.1. The van der Waals surface area contributed by atoms with Gasteiger partial charge in [0.2, 0.25) is 5.88 Å². The second-order valence-electron chi connectivity index (χ2n) is 5.80. The van der Waals surface area contributed by atoms with Gasteiger partial charge in [0, 0.05) is 0 Å². The SMILES string of the molecule is COc1ccc(C)cc1NC(=O)Nc1cncc(OCc2ccccc2)n1. The average Bonchev–Trinajstić information content (AvgIpc) is 2.67. The van der Waals surface area contributed by atoms with Gasteiger partial charge in [-0.2, -0.15) is 4.98 Å². The zero-order valence-corrected chi connectivity index (χ0v) is 15.1. The molecule has 0 atom stereocenters. The predicted molar refractivity (Wildman–Crippen MR) is 103 cm³/mol. The van der Waals surface area contributed by atoms with E-state index >= 15 is 0 Å². The number of carbonyl (C=O) groups is 1. The fourth-order valence-corrected chi connectivity index (χ4v) is 2.40. The molecule has 0 saturated heterocycles. The number of amides is 2. The predicted octanol–water partition coefficient (Wildman–Crippen LogP) is 4.02. The van der Waals surface area contributed by atoms with E-state index in [1.807, 2.05) is 49.4 Å². The smallest absolute Gasteiger partial charge is 0.325 e. The van der Waals surface area contributed by atoms with Crippen molar-refractivity contribution in [1.82, 2.24) is 9.97 Å². The second kappa shape index (κ2) is 8.66. The number of aromatic nitrogens is 2. The van der Waals surface area contributed by atoms with E-state index in [1.165, 1.54) is 12.4 Å². The molecule has 0 aliphatic heterocycles. The van der Waals surface area contributed by atoms with E-state index in [1.54, 1.807) is 13.2 Å². The minimum Gasteiger partial charge on any atom is -0.495 e. The fourth-order valence-electron chi connectivity index (χ4n) is 2.40. The van der Waals surface area contributed by atoms with Gasteiger partial charge in [-0.05, 0) is 30.2 Å². The summed E-state index contributed by atoms with van der Waals surface area (Å²) in [7, 11) is 1.55. The molecule has 0 aliphatic carbocycles. The quantitative estimate of drug-likeness (QED) is 0.690. The molecule has 0 saturated carbocycles. The molecule has 7 heteroatoms. The van der Waals surface area contributed by atoms with Crippen molar-refractivity contribution in [2.24, 2.45) is 0 Å². The van der Waals surface area contributed by atoms with Crippen molar-refractivity contribution in [3.05, 3.63) is 72.1 Å². The Morgan fingerprint density at radius 2 is 1.89 bits per heavy atom. The van der Waals surface area contributed by atoms with Crippen molar-refractivity contribution < 1.29 is 14.3 Å². The Bertz CT molecular complexity index is 916. The first-order valence-corrected chi connectivity index (χ1v) is 8.35. The normalized spacial score (nSPS) is 10.1. The average molecular weight is 364 g/mol. The van der Waals surface area contributed by atoms with Gasteiger partial charge in [-0.1, -0.05) is 36.4 Å². The minimum atomic E-state index is -0.451. The molecule has 2 N–H and O–H groups in total. The van der Waals surface area contributed by atoms with Crippen molar-refractivity contribution >= 4 is 17.5 Å². The van der Waals surface area contributed by atoms with Gasteiger partial charge in [-0.25, -0.2) is 4.79 Å². The summed E-state index contributed by atoms with van der Waals surface area (Å²) in [4.78, 5) is 20.6. The molecule has 0 radical (unpaired) electrons. The highest BCUT2D eigenvalue weighted by atomic mass is 16.5. The van der Waals surface area contributed by atoms with Crippen LogP contribution < -0.4 is 20.1 Å². The van der Waals surface area contributed by atoms with Crippen LogP contribution in [0.1, 0.15) is 11.1 Å². The lowest BCUT2D eigenvalue weighted by Gasteiger charge is -2.12. The fraction of sp³-hybridized carbons (Fsp3) is 0.150. The first kappa shape index (κ1) is 18.2. The number of benzene rings is 2. The van der Waals surface area contributed by atoms with Crippen LogP contribution >= 0.6 is 0 Å². The third-order valence-electron chi connectivity index (χ3n) is 3.69. The van der Waals surface area contributed by atoms with Gasteiger partial charge in [0.25, 0.3) is 0 Å². The van der Waals surface area contributed by atoms with Crippen LogP contribution in [-0.2, 0) is 6.61 Å². The van der Waals surface area contributed by atoms with Crippen LogP contribution in [0.2, 0.25) is 0 Å². The van der Waals surface area contributed by atoms with Crippen molar-refractivity contribution in [2.75, 3.05) is 17.7 Å². The summed E-state index contributed by atoms with van der Waals surface area (Å²) in [5.41, 5.74) is 2.59. The third-order valence-corrected chi connectivity index (χ3v) is 3.69. The van der Waals surface area contributed by atoms with E-state index in [0.29, 0.717) is 23.9 Å². The maximum absolute atomic E-state index is 12.3. The van der Waals surface area contributed by atoms with Gasteiger partial charge in [0.1, 0.15) is 12.4 Å². The highest BCUT2D eigenvalue weighted by molar-refractivity contribution is 6.00. The number of hydrogen-bond donors (Lipinski definition) is 2. The Hall–Kier alpha value is -3.61. The monoisotopic (exact) mass is 364 g/mol. The van der Waals surface area contributed by atoms with E-state index in [-0.39, 0.29) is 5.82 Å². The van der Waals surface area contributed by atoms with Gasteiger partial charge in [0.05, 0.1) is 25.2 Å². The molecular formula is C20H20N4O3. The number of rotatable bonds is 6. The molecule has 0 aliphatic rings. The number of ether oxygens (including phenoxy) is 2.